The fraction of sp³-hybridized carbons (Fsp3) is 0.536. The van der Waals surface area contributed by atoms with E-state index in [1.165, 1.54) is 0 Å². The van der Waals surface area contributed by atoms with Crippen molar-refractivity contribution in [3.05, 3.63) is 35.9 Å². The summed E-state index contributed by atoms with van der Waals surface area (Å²) in [6.07, 6.45) is 5.01. The summed E-state index contributed by atoms with van der Waals surface area (Å²) in [5, 5.41) is 28.8. The molecule has 0 bridgehead atoms. The number of amides is 4. The average Bonchev–Trinajstić information content (AvgIpc) is 2.97. The molecule has 235 valence electrons. The van der Waals surface area contributed by atoms with Crippen LogP contribution >= 0.6 is 0 Å². The third-order valence-electron chi connectivity index (χ3n) is 7.00. The van der Waals surface area contributed by atoms with Crippen molar-refractivity contribution in [2.45, 2.75) is 81.5 Å². The summed E-state index contributed by atoms with van der Waals surface area (Å²) in [5.41, 5.74) is 11.2. The molecule has 1 aliphatic carbocycles. The van der Waals surface area contributed by atoms with Gasteiger partial charge in [-0.2, -0.15) is 0 Å². The average molecular weight is 602 g/mol. The maximum absolute atomic E-state index is 13.0. The molecule has 1 aromatic rings. The molecule has 1 saturated carbocycles. The first-order chi connectivity index (χ1) is 20.4. The lowest BCUT2D eigenvalue weighted by atomic mass is 9.81. The van der Waals surface area contributed by atoms with E-state index in [-0.39, 0.29) is 25.3 Å². The lowest BCUT2D eigenvalue weighted by Crippen LogP contribution is -2.60. The van der Waals surface area contributed by atoms with Crippen molar-refractivity contribution in [1.82, 2.24) is 26.6 Å². The van der Waals surface area contributed by atoms with Crippen molar-refractivity contribution in [2.24, 2.45) is 11.5 Å². The highest BCUT2D eigenvalue weighted by molar-refractivity contribution is 5.95. The second-order valence-corrected chi connectivity index (χ2v) is 10.5. The van der Waals surface area contributed by atoms with Gasteiger partial charge in [-0.1, -0.05) is 49.6 Å². The van der Waals surface area contributed by atoms with Crippen molar-refractivity contribution in [2.75, 3.05) is 13.1 Å². The van der Waals surface area contributed by atoms with E-state index in [2.05, 4.69) is 26.6 Å². The Kier molecular flexibility index (Phi) is 14.1. The zero-order valence-corrected chi connectivity index (χ0v) is 23.9. The van der Waals surface area contributed by atoms with Crippen LogP contribution in [0.5, 0.6) is 0 Å². The molecule has 3 atom stereocenters. The fourth-order valence-electron chi connectivity index (χ4n) is 4.67. The number of aliphatic carboxylic acids is 1. The third kappa shape index (κ3) is 12.5. The number of rotatable bonds is 17. The fourth-order valence-corrected chi connectivity index (χ4v) is 4.67. The smallest absolute Gasteiger partial charge is 0.305 e. The molecule has 0 saturated heterocycles. The van der Waals surface area contributed by atoms with Gasteiger partial charge in [0.1, 0.15) is 12.1 Å². The Morgan fingerprint density at radius 1 is 0.953 bits per heavy atom. The largest absolute Gasteiger partial charge is 0.481 e. The van der Waals surface area contributed by atoms with E-state index in [1.54, 1.807) is 36.6 Å². The molecule has 2 rings (SSSR count). The first-order valence-electron chi connectivity index (χ1n) is 14.1. The van der Waals surface area contributed by atoms with Gasteiger partial charge in [-0.05, 0) is 31.2 Å². The van der Waals surface area contributed by atoms with Crippen LogP contribution in [0.1, 0.15) is 56.9 Å². The number of carbonyl (C=O) groups excluding carboxylic acids is 5. The monoisotopic (exact) mass is 601 g/mol. The highest BCUT2D eigenvalue weighted by Crippen LogP contribution is 2.26. The van der Waals surface area contributed by atoms with Crippen LogP contribution < -0.4 is 38.1 Å². The number of guanidine groups is 1. The maximum Gasteiger partial charge on any atom is 0.305 e. The zero-order valence-electron chi connectivity index (χ0n) is 23.9. The molecule has 15 nitrogen and oxygen atoms in total. The second-order valence-electron chi connectivity index (χ2n) is 10.5. The van der Waals surface area contributed by atoms with Crippen LogP contribution in [0.4, 0.5) is 0 Å². The number of carboxylic acids is 1. The van der Waals surface area contributed by atoms with Gasteiger partial charge in [-0.25, -0.2) is 0 Å². The predicted molar refractivity (Wildman–Crippen MR) is 156 cm³/mol. The Morgan fingerprint density at radius 2 is 1.63 bits per heavy atom. The van der Waals surface area contributed by atoms with Gasteiger partial charge in [0.15, 0.2) is 5.96 Å². The molecule has 1 aliphatic rings. The van der Waals surface area contributed by atoms with Crippen LogP contribution in [-0.4, -0.2) is 83.7 Å². The molecule has 0 aliphatic heterocycles. The van der Waals surface area contributed by atoms with E-state index in [0.29, 0.717) is 19.3 Å². The zero-order chi connectivity index (χ0) is 31.8. The lowest BCUT2D eigenvalue weighted by molar-refractivity contribution is -0.140. The van der Waals surface area contributed by atoms with Crippen molar-refractivity contribution in [1.29, 1.82) is 5.41 Å². The molecule has 1 fully saturated rings. The molecule has 1 aromatic carbocycles. The van der Waals surface area contributed by atoms with Crippen LogP contribution in [0, 0.1) is 5.41 Å². The molecule has 0 heterocycles. The van der Waals surface area contributed by atoms with E-state index in [0.717, 1.165) is 24.8 Å². The van der Waals surface area contributed by atoms with Crippen LogP contribution in [-0.2, 0) is 35.2 Å². The van der Waals surface area contributed by atoms with Gasteiger partial charge in [-0.3, -0.25) is 34.2 Å². The highest BCUT2D eigenvalue weighted by Gasteiger charge is 2.37. The van der Waals surface area contributed by atoms with Crippen molar-refractivity contribution in [3.63, 3.8) is 0 Å². The van der Waals surface area contributed by atoms with Gasteiger partial charge in [0.05, 0.1) is 24.5 Å². The van der Waals surface area contributed by atoms with E-state index in [9.17, 15) is 33.9 Å². The molecule has 11 N–H and O–H groups in total. The quantitative estimate of drug-likeness (QED) is 0.0556. The molecule has 1 radical (unpaired) electrons. The Bertz CT molecular complexity index is 1140. The van der Waals surface area contributed by atoms with E-state index in [1.807, 2.05) is 0 Å². The Labute approximate surface area is 249 Å². The molecule has 0 spiro atoms. The van der Waals surface area contributed by atoms with Crippen molar-refractivity contribution < 1.29 is 33.9 Å². The van der Waals surface area contributed by atoms with E-state index >= 15 is 0 Å². The Balaban J connectivity index is 1.99. The highest BCUT2D eigenvalue weighted by atomic mass is 16.4. The number of hydrogen-bond donors (Lipinski definition) is 9. The molecular weight excluding hydrogens is 560 g/mol. The summed E-state index contributed by atoms with van der Waals surface area (Å²) in [7, 11) is 0. The molecule has 43 heavy (non-hydrogen) atoms. The minimum Gasteiger partial charge on any atom is -0.481 e. The van der Waals surface area contributed by atoms with Crippen LogP contribution in [0.3, 0.4) is 0 Å². The lowest BCUT2D eigenvalue weighted by Gasteiger charge is -2.33. The third-order valence-corrected chi connectivity index (χ3v) is 7.00. The van der Waals surface area contributed by atoms with E-state index in [4.69, 9.17) is 16.9 Å². The molecule has 15 heteroatoms. The summed E-state index contributed by atoms with van der Waals surface area (Å²) in [4.78, 5) is 74.2. The van der Waals surface area contributed by atoms with Gasteiger partial charge >= 0.3 is 5.97 Å². The predicted octanol–water partition coefficient (Wildman–Crippen LogP) is -1.69. The Morgan fingerprint density at radius 3 is 2.23 bits per heavy atom. The number of carbonyl (C=O) groups is 5. The first-order valence-corrected chi connectivity index (χ1v) is 14.1. The summed E-state index contributed by atoms with van der Waals surface area (Å²) in [6, 6.07) is 5.10. The van der Waals surface area contributed by atoms with Crippen LogP contribution in [0.2, 0.25) is 0 Å². The normalized spacial score (nSPS) is 15.9. The minimum atomic E-state index is -1.54. The molecule has 0 aromatic heterocycles. The summed E-state index contributed by atoms with van der Waals surface area (Å²) < 4.78 is 0. The van der Waals surface area contributed by atoms with Gasteiger partial charge < -0.3 is 43.2 Å². The van der Waals surface area contributed by atoms with Crippen molar-refractivity contribution >= 4 is 41.8 Å². The van der Waals surface area contributed by atoms with Gasteiger partial charge in [-0.15, -0.1) is 0 Å². The summed E-state index contributed by atoms with van der Waals surface area (Å²) in [6.45, 7) is -0.361. The SMILES string of the molecule is N=C(N)NCCC[C@H](NC(=O)C1(N)CCCCC1)C(=O)NCC(=O)N[C@@H](CC(=O)O)C(=O)N[C@@H]([C]=O)Cc1ccccc1. The summed E-state index contributed by atoms with van der Waals surface area (Å²) >= 11 is 0. The minimum absolute atomic E-state index is 0.110. The number of nitrogens with one attached hydrogen (secondary N) is 6. The van der Waals surface area contributed by atoms with Gasteiger partial charge in [0, 0.05) is 13.0 Å². The second kappa shape index (κ2) is 17.4. The molecule has 4 amide bonds. The standard InChI is InChI=1S/C28H41N8O7/c29-27(30)32-13-7-10-20(36-26(43)28(31)11-5-2-6-12-28)24(41)33-16-22(38)35-21(15-23(39)40)25(42)34-19(17-37)14-18-8-3-1-4-9-18/h1,3-4,8-9,19-21H,2,5-7,10-16,31H2,(H,33,41)(H,34,42)(H,35,38)(H,36,43)(H,39,40)(H4,29,30,32)/t19-,20+,21+/m1/s1. The molecule has 0 unspecified atom stereocenters. The van der Waals surface area contributed by atoms with Crippen LogP contribution in [0.25, 0.3) is 0 Å². The topological polar surface area (TPSA) is 259 Å². The number of hydrogen-bond acceptors (Lipinski definition) is 8. The summed E-state index contributed by atoms with van der Waals surface area (Å²) in [5.74, 6) is -4.57. The van der Waals surface area contributed by atoms with Gasteiger partial charge in [0.25, 0.3) is 0 Å². The number of nitrogens with two attached hydrogens (primary N) is 2. The van der Waals surface area contributed by atoms with E-state index < -0.39 is 66.2 Å². The molecular formula is C28H41N8O7. The number of benzene rings is 1. The maximum atomic E-state index is 13.0. The van der Waals surface area contributed by atoms with Crippen molar-refractivity contribution in [3.8, 4) is 0 Å². The van der Waals surface area contributed by atoms with Gasteiger partial charge in [0.2, 0.25) is 29.9 Å². The Hall–Kier alpha value is -4.53. The first kappa shape index (κ1) is 34.7. The number of carboxylic acid groups (broad SMARTS) is 1. The van der Waals surface area contributed by atoms with Crippen LogP contribution in [0.15, 0.2) is 30.3 Å².